The Bertz CT molecular complexity index is 798. The first-order valence-electron chi connectivity index (χ1n) is 8.44. The number of aryl methyl sites for hydroxylation is 1. The maximum Gasteiger partial charge on any atom is 0.117 e. The lowest BCUT2D eigenvalue weighted by molar-refractivity contribution is 0.190. The molecule has 0 spiro atoms. The molecule has 0 saturated heterocycles. The van der Waals surface area contributed by atoms with Gasteiger partial charge in [-0.1, -0.05) is 48.9 Å². The third kappa shape index (κ3) is 3.47. The molecule has 0 amide bonds. The fourth-order valence-corrected chi connectivity index (χ4v) is 3.41. The van der Waals surface area contributed by atoms with Gasteiger partial charge in [0.1, 0.15) is 5.82 Å². The van der Waals surface area contributed by atoms with Gasteiger partial charge in [-0.3, -0.25) is 0 Å². The van der Waals surface area contributed by atoms with E-state index in [1.807, 2.05) is 12.1 Å². The zero-order valence-corrected chi connectivity index (χ0v) is 15.0. The summed E-state index contributed by atoms with van der Waals surface area (Å²) in [6.07, 6.45) is 1.97. The molecular weight excluding hydrogens is 320 g/mol. The van der Waals surface area contributed by atoms with E-state index in [0.717, 1.165) is 47.9 Å². The van der Waals surface area contributed by atoms with Crippen molar-refractivity contribution in [2.24, 2.45) is 0 Å². The predicted molar refractivity (Wildman–Crippen MR) is 99.8 cm³/mol. The number of benzene rings is 2. The second-order valence-electron chi connectivity index (χ2n) is 5.97. The number of halogens is 1. The number of hydrogen-bond acceptors (Lipinski definition) is 2. The minimum atomic E-state index is 0.278. The van der Waals surface area contributed by atoms with Crippen LogP contribution in [-0.4, -0.2) is 23.3 Å². The summed E-state index contributed by atoms with van der Waals surface area (Å²) in [4.78, 5) is 4.94. The van der Waals surface area contributed by atoms with Gasteiger partial charge in [0.2, 0.25) is 0 Å². The highest BCUT2D eigenvalue weighted by atomic mass is 35.5. The summed E-state index contributed by atoms with van der Waals surface area (Å²) in [6.45, 7) is 3.85. The van der Waals surface area contributed by atoms with Crippen molar-refractivity contribution < 1.29 is 4.74 Å². The number of rotatable bonds is 7. The van der Waals surface area contributed by atoms with Crippen LogP contribution in [0.25, 0.3) is 11.0 Å². The van der Waals surface area contributed by atoms with Gasteiger partial charge < -0.3 is 9.30 Å². The van der Waals surface area contributed by atoms with Crippen LogP contribution in [0.2, 0.25) is 5.02 Å². The van der Waals surface area contributed by atoms with E-state index in [4.69, 9.17) is 21.3 Å². The van der Waals surface area contributed by atoms with Crippen molar-refractivity contribution in [2.45, 2.75) is 32.2 Å². The van der Waals surface area contributed by atoms with Crippen molar-refractivity contribution in [3.8, 4) is 0 Å². The molecular formula is C20H23ClN2O. The summed E-state index contributed by atoms with van der Waals surface area (Å²) in [5, 5.41) is 0.725. The Morgan fingerprint density at radius 3 is 2.67 bits per heavy atom. The van der Waals surface area contributed by atoms with Gasteiger partial charge in [-0.2, -0.15) is 0 Å². The summed E-state index contributed by atoms with van der Waals surface area (Å²) in [6, 6.07) is 16.5. The summed E-state index contributed by atoms with van der Waals surface area (Å²) < 4.78 is 7.55. The molecule has 1 atom stereocenters. The Morgan fingerprint density at radius 1 is 1.17 bits per heavy atom. The summed E-state index contributed by atoms with van der Waals surface area (Å²) in [5.41, 5.74) is 3.40. The molecule has 2 aromatic carbocycles. The van der Waals surface area contributed by atoms with Gasteiger partial charge in [0.15, 0.2) is 0 Å². The zero-order chi connectivity index (χ0) is 16.9. The molecule has 0 aliphatic rings. The van der Waals surface area contributed by atoms with E-state index in [1.54, 1.807) is 7.11 Å². The number of hydrogen-bond donors (Lipinski definition) is 0. The Kier molecular flexibility index (Phi) is 5.54. The smallest absolute Gasteiger partial charge is 0.117 e. The van der Waals surface area contributed by atoms with Crippen LogP contribution in [0.4, 0.5) is 0 Å². The largest absolute Gasteiger partial charge is 0.385 e. The molecule has 0 N–H and O–H groups in total. The van der Waals surface area contributed by atoms with Crippen molar-refractivity contribution in [3.63, 3.8) is 0 Å². The van der Waals surface area contributed by atoms with Gasteiger partial charge >= 0.3 is 0 Å². The number of imidazole rings is 1. The van der Waals surface area contributed by atoms with Crippen LogP contribution < -0.4 is 0 Å². The molecule has 3 aromatic rings. The lowest BCUT2D eigenvalue weighted by atomic mass is 9.95. The third-order valence-corrected chi connectivity index (χ3v) is 4.63. The molecule has 126 valence electrons. The van der Waals surface area contributed by atoms with Crippen LogP contribution in [0, 0.1) is 0 Å². The minimum absolute atomic E-state index is 0.278. The molecule has 0 radical (unpaired) electrons. The molecule has 1 heterocycles. The Labute approximate surface area is 148 Å². The molecule has 1 unspecified atom stereocenters. The number of nitrogens with zero attached hydrogens (tertiary/aromatic N) is 2. The van der Waals surface area contributed by atoms with E-state index in [1.165, 1.54) is 5.56 Å². The molecule has 0 saturated carbocycles. The van der Waals surface area contributed by atoms with Crippen LogP contribution in [0.1, 0.15) is 37.1 Å². The van der Waals surface area contributed by atoms with Gasteiger partial charge in [0.25, 0.3) is 0 Å². The highest BCUT2D eigenvalue weighted by Gasteiger charge is 2.20. The van der Waals surface area contributed by atoms with Crippen LogP contribution in [0.5, 0.6) is 0 Å². The lowest BCUT2D eigenvalue weighted by Crippen LogP contribution is -2.11. The fourth-order valence-electron chi connectivity index (χ4n) is 3.24. The number of methoxy groups -OCH3 is 1. The number of fused-ring (bicyclic) bond motifs is 1. The van der Waals surface area contributed by atoms with E-state index >= 15 is 0 Å². The first-order chi connectivity index (χ1) is 11.7. The molecule has 0 aliphatic heterocycles. The topological polar surface area (TPSA) is 27.1 Å². The van der Waals surface area contributed by atoms with Crippen molar-refractivity contribution in [1.82, 2.24) is 9.55 Å². The van der Waals surface area contributed by atoms with Gasteiger partial charge in [-0.25, -0.2) is 4.98 Å². The molecule has 1 aromatic heterocycles. The Hall–Kier alpha value is -1.84. The van der Waals surface area contributed by atoms with E-state index in [-0.39, 0.29) is 5.92 Å². The van der Waals surface area contributed by atoms with Gasteiger partial charge in [-0.05, 0) is 36.6 Å². The second-order valence-corrected chi connectivity index (χ2v) is 6.41. The van der Waals surface area contributed by atoms with Crippen molar-refractivity contribution in [1.29, 1.82) is 0 Å². The fraction of sp³-hybridized carbons (Fsp3) is 0.350. The summed E-state index contributed by atoms with van der Waals surface area (Å²) >= 11 is 6.17. The zero-order valence-electron chi connectivity index (χ0n) is 14.2. The maximum atomic E-state index is 6.17. The van der Waals surface area contributed by atoms with Crippen LogP contribution in [0.3, 0.4) is 0 Å². The lowest BCUT2D eigenvalue weighted by Gasteiger charge is -2.17. The van der Waals surface area contributed by atoms with Gasteiger partial charge in [0, 0.05) is 31.2 Å². The molecule has 24 heavy (non-hydrogen) atoms. The maximum absolute atomic E-state index is 6.17. The Morgan fingerprint density at radius 2 is 1.96 bits per heavy atom. The van der Waals surface area contributed by atoms with E-state index in [9.17, 15) is 0 Å². The first-order valence-corrected chi connectivity index (χ1v) is 8.82. The van der Waals surface area contributed by atoms with Gasteiger partial charge in [0.05, 0.1) is 11.0 Å². The molecule has 3 rings (SSSR count). The highest BCUT2D eigenvalue weighted by Crippen LogP contribution is 2.31. The second kappa shape index (κ2) is 7.82. The molecule has 0 aliphatic carbocycles. The van der Waals surface area contributed by atoms with Crippen LogP contribution in [0.15, 0.2) is 48.5 Å². The van der Waals surface area contributed by atoms with E-state index in [0.29, 0.717) is 0 Å². The Balaban J connectivity index is 2.08. The predicted octanol–water partition coefficient (Wildman–Crippen LogP) is 5.27. The molecule has 0 fully saturated rings. The normalized spacial score (nSPS) is 12.6. The SMILES string of the molecule is CCC(c1ccccc1)c1nc2cc(Cl)ccc2n1CCCOC. The van der Waals surface area contributed by atoms with Crippen molar-refractivity contribution in [2.75, 3.05) is 13.7 Å². The first kappa shape index (κ1) is 17.0. The molecule has 0 bridgehead atoms. The average molecular weight is 343 g/mol. The van der Waals surface area contributed by atoms with E-state index < -0.39 is 0 Å². The summed E-state index contributed by atoms with van der Waals surface area (Å²) in [7, 11) is 1.74. The minimum Gasteiger partial charge on any atom is -0.385 e. The monoisotopic (exact) mass is 342 g/mol. The van der Waals surface area contributed by atoms with Crippen molar-refractivity contribution >= 4 is 22.6 Å². The summed E-state index contributed by atoms with van der Waals surface area (Å²) in [5.74, 6) is 1.39. The number of ether oxygens (including phenoxy) is 1. The molecule has 4 heteroatoms. The quantitative estimate of drug-likeness (QED) is 0.547. The third-order valence-electron chi connectivity index (χ3n) is 4.39. The standard InChI is InChI=1S/C20H23ClN2O/c1-3-17(15-8-5-4-6-9-15)20-22-18-14-16(21)10-11-19(18)23(20)12-7-13-24-2/h4-6,8-11,14,17H,3,7,12-13H2,1-2H3. The van der Waals surface area contributed by atoms with Crippen LogP contribution >= 0.6 is 11.6 Å². The highest BCUT2D eigenvalue weighted by molar-refractivity contribution is 6.31. The van der Waals surface area contributed by atoms with Gasteiger partial charge in [-0.15, -0.1) is 0 Å². The number of aromatic nitrogens is 2. The molecule has 3 nitrogen and oxygen atoms in total. The van der Waals surface area contributed by atoms with Crippen molar-refractivity contribution in [3.05, 3.63) is 64.9 Å². The van der Waals surface area contributed by atoms with E-state index in [2.05, 4.69) is 47.9 Å². The van der Waals surface area contributed by atoms with Crippen LogP contribution in [-0.2, 0) is 11.3 Å². The average Bonchev–Trinajstić information content (AvgIpc) is 2.94.